The maximum Gasteiger partial charge on any atom is 0.0137 e. The second-order valence-corrected chi connectivity index (χ2v) is 1.75. The molecule has 0 spiro atoms. The summed E-state index contributed by atoms with van der Waals surface area (Å²) in [5.74, 6) is 5.08. The van der Waals surface area contributed by atoms with E-state index in [1.807, 2.05) is 0 Å². The van der Waals surface area contributed by atoms with E-state index in [2.05, 4.69) is 11.8 Å². The lowest BCUT2D eigenvalue weighted by Gasteiger charge is -2.12. The van der Waals surface area contributed by atoms with Crippen molar-refractivity contribution in [1.29, 1.82) is 0 Å². The summed E-state index contributed by atoms with van der Waals surface area (Å²) in [5.41, 5.74) is 2.04. The average molecular weight is 102 g/mol. The van der Waals surface area contributed by atoms with Crippen LogP contribution >= 0.6 is 0 Å². The normalized spacial score (nSPS) is 16.2. The largest absolute Gasteiger partial charge is 0.115 e. The first-order chi connectivity index (χ1) is 3.88. The van der Waals surface area contributed by atoms with Crippen LogP contribution in [0, 0.1) is 24.7 Å². The van der Waals surface area contributed by atoms with E-state index in [0.717, 1.165) is 24.0 Å². The zero-order chi connectivity index (χ0) is 5.98. The lowest BCUT2D eigenvalue weighted by Crippen LogP contribution is -1.98. The molecule has 0 nitrogen and oxygen atoms in total. The van der Waals surface area contributed by atoms with Crippen LogP contribution in [0.4, 0.5) is 0 Å². The van der Waals surface area contributed by atoms with Gasteiger partial charge in [-0.05, 0) is 12.8 Å². The highest BCUT2D eigenvalue weighted by atomic mass is 14.1. The van der Waals surface area contributed by atoms with Gasteiger partial charge in [-0.25, -0.2) is 0 Å². The van der Waals surface area contributed by atoms with Gasteiger partial charge in [0.2, 0.25) is 0 Å². The maximum atomic E-state index is 5.10. The van der Waals surface area contributed by atoms with Crippen LogP contribution < -0.4 is 0 Å². The Labute approximate surface area is 49.6 Å². The predicted octanol–water partition coefficient (Wildman–Crippen LogP) is 1.34. The average Bonchev–Trinajstić information content (AvgIpc) is 1.66. The lowest BCUT2D eigenvalue weighted by atomic mass is 9.90. The molecule has 0 radical (unpaired) electrons. The van der Waals surface area contributed by atoms with Crippen molar-refractivity contribution < 1.29 is 0 Å². The third-order valence-corrected chi connectivity index (χ3v) is 1.34. The van der Waals surface area contributed by atoms with Crippen LogP contribution in [-0.2, 0) is 0 Å². The van der Waals surface area contributed by atoms with Gasteiger partial charge in [0.15, 0.2) is 0 Å². The van der Waals surface area contributed by atoms with Gasteiger partial charge in [0.25, 0.3) is 0 Å². The smallest absolute Gasteiger partial charge is 0.0137 e. The summed E-state index contributed by atoms with van der Waals surface area (Å²) in [6, 6.07) is 0. The van der Waals surface area contributed by atoms with Gasteiger partial charge in [-0.15, -0.1) is 12.8 Å². The summed E-state index contributed by atoms with van der Waals surface area (Å²) in [4.78, 5) is 0. The molecule has 0 unspecified atom stereocenters. The van der Waals surface area contributed by atoms with Crippen molar-refractivity contribution in [2.75, 3.05) is 0 Å². The van der Waals surface area contributed by atoms with Gasteiger partial charge in [0.05, 0.1) is 0 Å². The Bertz CT molecular complexity index is 181. The van der Waals surface area contributed by atoms with Gasteiger partial charge in [-0.2, -0.15) is 0 Å². The van der Waals surface area contributed by atoms with Crippen molar-refractivity contribution in [3.63, 3.8) is 0 Å². The second kappa shape index (κ2) is 1.76. The summed E-state index contributed by atoms with van der Waals surface area (Å²) in [6.07, 6.45) is 12.2. The molecule has 0 saturated carbocycles. The van der Waals surface area contributed by atoms with E-state index in [9.17, 15) is 0 Å². The zero-order valence-corrected chi connectivity index (χ0v) is 4.57. The number of terminal acetylenes is 2. The first kappa shape index (κ1) is 5.01. The van der Waals surface area contributed by atoms with Gasteiger partial charge in [0.1, 0.15) is 0 Å². The van der Waals surface area contributed by atoms with Crippen molar-refractivity contribution in [2.45, 2.75) is 12.8 Å². The number of hydrogen-bond acceptors (Lipinski definition) is 0. The summed E-state index contributed by atoms with van der Waals surface area (Å²) < 4.78 is 0. The van der Waals surface area contributed by atoms with E-state index in [0.29, 0.717) is 0 Å². The van der Waals surface area contributed by atoms with E-state index in [1.54, 1.807) is 0 Å². The Hall–Kier alpha value is -1.14. The minimum Gasteiger partial charge on any atom is -0.115 e. The van der Waals surface area contributed by atoms with E-state index in [-0.39, 0.29) is 0 Å². The summed E-state index contributed by atoms with van der Waals surface area (Å²) in [5, 5.41) is 0. The number of allylic oxidation sites excluding steroid dienone is 2. The zero-order valence-electron chi connectivity index (χ0n) is 4.57. The monoisotopic (exact) mass is 102 g/mol. The van der Waals surface area contributed by atoms with Crippen molar-refractivity contribution >= 4 is 0 Å². The number of rotatable bonds is 0. The third kappa shape index (κ3) is 0.515. The summed E-state index contributed by atoms with van der Waals surface area (Å²) in [6.45, 7) is 0. The van der Waals surface area contributed by atoms with Crippen molar-refractivity contribution in [3.8, 4) is 24.7 Å². The molecular formula is C8H6. The van der Waals surface area contributed by atoms with E-state index < -0.39 is 0 Å². The fourth-order valence-corrected chi connectivity index (χ4v) is 0.694. The van der Waals surface area contributed by atoms with Gasteiger partial charge in [-0.1, -0.05) is 11.8 Å². The molecule has 0 aromatic heterocycles. The van der Waals surface area contributed by atoms with E-state index in [4.69, 9.17) is 12.8 Å². The van der Waals surface area contributed by atoms with Crippen LogP contribution in [0.3, 0.4) is 0 Å². The molecule has 0 amide bonds. The molecular weight excluding hydrogens is 96.1 g/mol. The molecule has 0 aliphatic heterocycles. The topological polar surface area (TPSA) is 0 Å². The first-order valence-corrected chi connectivity index (χ1v) is 2.53. The standard InChI is InChI=1S/C8H6/c1-3-7-5-6-8(7)4-2/h1-2H,5-6H2. The highest BCUT2D eigenvalue weighted by Crippen LogP contribution is 2.25. The minimum atomic E-state index is 1.01. The van der Waals surface area contributed by atoms with Gasteiger partial charge in [0, 0.05) is 11.1 Å². The van der Waals surface area contributed by atoms with Crippen LogP contribution in [0.25, 0.3) is 0 Å². The van der Waals surface area contributed by atoms with E-state index in [1.165, 1.54) is 0 Å². The van der Waals surface area contributed by atoms with Gasteiger partial charge < -0.3 is 0 Å². The van der Waals surface area contributed by atoms with Crippen LogP contribution in [0.1, 0.15) is 12.8 Å². The van der Waals surface area contributed by atoms with Gasteiger partial charge in [-0.3, -0.25) is 0 Å². The maximum absolute atomic E-state index is 5.10. The van der Waals surface area contributed by atoms with Crippen LogP contribution in [-0.4, -0.2) is 0 Å². The lowest BCUT2D eigenvalue weighted by molar-refractivity contribution is 0.874. The molecule has 0 saturated heterocycles. The van der Waals surface area contributed by atoms with Crippen molar-refractivity contribution in [3.05, 3.63) is 11.1 Å². The van der Waals surface area contributed by atoms with Gasteiger partial charge >= 0.3 is 0 Å². The fraction of sp³-hybridized carbons (Fsp3) is 0.250. The molecule has 1 rings (SSSR count). The molecule has 1 aliphatic carbocycles. The van der Waals surface area contributed by atoms with Crippen LogP contribution in [0.2, 0.25) is 0 Å². The Morgan fingerprint density at radius 3 is 1.50 bits per heavy atom. The molecule has 0 heterocycles. The molecule has 8 heavy (non-hydrogen) atoms. The molecule has 0 atom stereocenters. The minimum absolute atomic E-state index is 1.01. The Kier molecular flexibility index (Phi) is 1.10. The second-order valence-electron chi connectivity index (χ2n) is 1.75. The molecule has 0 heteroatoms. The highest BCUT2D eigenvalue weighted by Gasteiger charge is 2.11. The molecule has 0 fully saturated rings. The van der Waals surface area contributed by atoms with Crippen molar-refractivity contribution in [2.24, 2.45) is 0 Å². The summed E-state index contributed by atoms with van der Waals surface area (Å²) >= 11 is 0. The molecule has 38 valence electrons. The predicted molar refractivity (Wildman–Crippen MR) is 33.9 cm³/mol. The SMILES string of the molecule is C#CC1=C(C#C)CC1. The van der Waals surface area contributed by atoms with Crippen LogP contribution in [0.15, 0.2) is 11.1 Å². The van der Waals surface area contributed by atoms with E-state index >= 15 is 0 Å². The molecule has 0 N–H and O–H groups in total. The Morgan fingerprint density at radius 1 is 1.00 bits per heavy atom. The quantitative estimate of drug-likeness (QED) is 0.405. The molecule has 1 aliphatic rings. The first-order valence-electron chi connectivity index (χ1n) is 2.53. The third-order valence-electron chi connectivity index (χ3n) is 1.34. The van der Waals surface area contributed by atoms with Crippen LogP contribution in [0.5, 0.6) is 0 Å². The Balaban J connectivity index is 2.86. The van der Waals surface area contributed by atoms with Crippen molar-refractivity contribution in [1.82, 2.24) is 0 Å². The fourth-order valence-electron chi connectivity index (χ4n) is 0.694. The highest BCUT2D eigenvalue weighted by molar-refractivity contribution is 5.47. The summed E-state index contributed by atoms with van der Waals surface area (Å²) in [7, 11) is 0. The number of hydrogen-bond donors (Lipinski definition) is 0. The Morgan fingerprint density at radius 2 is 1.38 bits per heavy atom. The molecule has 0 bridgehead atoms. The molecule has 0 aromatic carbocycles. The molecule has 0 aromatic rings.